The van der Waals surface area contributed by atoms with Crippen molar-refractivity contribution in [2.75, 3.05) is 34.9 Å². The van der Waals surface area contributed by atoms with Crippen LogP contribution in [0, 0.1) is 23.7 Å². The summed E-state index contributed by atoms with van der Waals surface area (Å²) in [6, 6.07) is 5.84. The van der Waals surface area contributed by atoms with Crippen LogP contribution in [0.15, 0.2) is 30.3 Å². The summed E-state index contributed by atoms with van der Waals surface area (Å²) in [5, 5.41) is 18.5. The second-order valence-electron chi connectivity index (χ2n) is 14.9. The second-order valence-corrected chi connectivity index (χ2v) is 14.9. The number of carboxylic acid groups (broad SMARTS) is 1. The number of likely N-dealkylation sites (N-methyl/N-ethyl adjacent to an activating group) is 2. The highest BCUT2D eigenvalue weighted by Crippen LogP contribution is 2.29. The first kappa shape index (κ1) is 44.6. The topological polar surface area (TPSA) is 167 Å². The van der Waals surface area contributed by atoms with Crippen molar-refractivity contribution in [1.29, 1.82) is 0 Å². The van der Waals surface area contributed by atoms with Gasteiger partial charge in [0.2, 0.25) is 23.6 Å². The fourth-order valence-corrected chi connectivity index (χ4v) is 7.40. The molecule has 1 aromatic carbocycles. The summed E-state index contributed by atoms with van der Waals surface area (Å²) in [6.07, 6.45) is 0.818. The van der Waals surface area contributed by atoms with Crippen LogP contribution in [0.2, 0.25) is 0 Å². The van der Waals surface area contributed by atoms with Crippen LogP contribution in [-0.4, -0.2) is 122 Å². The molecule has 2 rings (SSSR count). The van der Waals surface area contributed by atoms with E-state index in [4.69, 9.17) is 9.47 Å². The Bertz CT molecular complexity index is 1310. The molecule has 1 heterocycles. The molecule has 294 valence electrons. The maximum Gasteiger partial charge on any atom is 0.326 e. The Hall–Kier alpha value is -3.55. The van der Waals surface area contributed by atoms with Gasteiger partial charge in [-0.2, -0.15) is 0 Å². The zero-order valence-electron chi connectivity index (χ0n) is 33.2. The molecule has 0 saturated carbocycles. The zero-order chi connectivity index (χ0) is 39.3. The zero-order valence-corrected chi connectivity index (χ0v) is 33.2. The SMILES string of the molecule is CC[C@H](C)C([C@@H](CC(=O)N1CCC[C@H]1[C@H](OC)[C@@H](C)C(=O)N[C@@H](Cc1ccccc1)C(=O)O)OC)N(C)C(=O)[C@@H](NC(=O)[C@@H](NC)C(C)C)C(C)C. The lowest BCUT2D eigenvalue weighted by atomic mass is 9.89. The number of likely N-dealkylation sites (tertiary alicyclic amines) is 1. The molecule has 13 heteroatoms. The third kappa shape index (κ3) is 11.7. The minimum absolute atomic E-state index is 0.0112. The number of benzene rings is 1. The summed E-state index contributed by atoms with van der Waals surface area (Å²) >= 11 is 0. The van der Waals surface area contributed by atoms with Gasteiger partial charge in [0.05, 0.1) is 42.7 Å². The number of hydrogen-bond donors (Lipinski definition) is 4. The van der Waals surface area contributed by atoms with E-state index in [1.54, 1.807) is 30.8 Å². The van der Waals surface area contributed by atoms with Gasteiger partial charge in [-0.1, -0.05) is 85.2 Å². The molecule has 1 saturated heterocycles. The Morgan fingerprint density at radius 2 is 1.54 bits per heavy atom. The molecule has 0 radical (unpaired) electrons. The van der Waals surface area contributed by atoms with Crippen LogP contribution in [-0.2, 0) is 39.9 Å². The molecular formula is C39H65N5O8. The number of hydrogen-bond acceptors (Lipinski definition) is 8. The van der Waals surface area contributed by atoms with E-state index in [1.165, 1.54) is 14.2 Å². The van der Waals surface area contributed by atoms with E-state index in [1.807, 2.05) is 71.9 Å². The number of nitrogens with one attached hydrogen (secondary N) is 3. The number of aliphatic carboxylic acids is 1. The predicted octanol–water partition coefficient (Wildman–Crippen LogP) is 3.10. The van der Waals surface area contributed by atoms with Gasteiger partial charge in [-0.3, -0.25) is 19.2 Å². The maximum atomic E-state index is 14.1. The van der Waals surface area contributed by atoms with Gasteiger partial charge in [-0.25, -0.2) is 4.79 Å². The second kappa shape index (κ2) is 21.2. The van der Waals surface area contributed by atoms with Crippen LogP contribution in [0.3, 0.4) is 0 Å². The van der Waals surface area contributed by atoms with Crippen molar-refractivity contribution in [3.63, 3.8) is 0 Å². The largest absolute Gasteiger partial charge is 0.480 e. The average molecular weight is 732 g/mol. The third-order valence-electron chi connectivity index (χ3n) is 10.6. The lowest BCUT2D eigenvalue weighted by molar-refractivity contribution is -0.148. The molecule has 13 nitrogen and oxygen atoms in total. The molecule has 4 N–H and O–H groups in total. The van der Waals surface area contributed by atoms with Gasteiger partial charge in [0.15, 0.2) is 0 Å². The standard InChI is InChI=1S/C39H65N5O8/c1-12-25(6)34(43(9)38(48)33(24(4)5)42-37(47)32(40-8)23(2)3)30(51-10)22-31(45)44-20-16-19-29(44)35(52-11)26(7)36(46)41-28(39(49)50)21-27-17-14-13-15-18-27/h13-15,17-18,23-26,28-30,32-35,40H,12,16,19-22H2,1-11H3,(H,41,46)(H,42,47)(H,49,50)/t25-,26+,28-,29-,30+,32-,33-,34?,35+/m0/s1. The first-order valence-electron chi connectivity index (χ1n) is 18.7. The van der Waals surface area contributed by atoms with Crippen LogP contribution in [0.1, 0.15) is 79.7 Å². The molecule has 0 bridgehead atoms. The van der Waals surface area contributed by atoms with Gasteiger partial charge in [0, 0.05) is 34.2 Å². The molecule has 1 aliphatic rings. The van der Waals surface area contributed by atoms with Gasteiger partial charge >= 0.3 is 5.97 Å². The molecule has 1 fully saturated rings. The van der Waals surface area contributed by atoms with Crippen molar-refractivity contribution in [1.82, 2.24) is 25.8 Å². The molecule has 0 spiro atoms. The molecule has 4 amide bonds. The van der Waals surface area contributed by atoms with E-state index >= 15 is 0 Å². The number of rotatable bonds is 21. The number of ether oxygens (including phenoxy) is 2. The van der Waals surface area contributed by atoms with Crippen LogP contribution in [0.4, 0.5) is 0 Å². The van der Waals surface area contributed by atoms with Crippen molar-refractivity contribution in [2.24, 2.45) is 23.7 Å². The van der Waals surface area contributed by atoms with Crippen LogP contribution < -0.4 is 16.0 Å². The van der Waals surface area contributed by atoms with E-state index in [0.29, 0.717) is 19.4 Å². The van der Waals surface area contributed by atoms with Crippen molar-refractivity contribution < 1.29 is 38.6 Å². The fraction of sp³-hybridized carbons (Fsp3) is 0.718. The summed E-state index contributed by atoms with van der Waals surface area (Å²) in [7, 11) is 6.46. The van der Waals surface area contributed by atoms with Gasteiger partial charge in [-0.05, 0) is 43.2 Å². The Morgan fingerprint density at radius 1 is 0.923 bits per heavy atom. The summed E-state index contributed by atoms with van der Waals surface area (Å²) in [5.74, 6) is -3.27. The smallest absolute Gasteiger partial charge is 0.326 e. The Balaban J connectivity index is 2.26. The first-order chi connectivity index (χ1) is 24.5. The van der Waals surface area contributed by atoms with Crippen molar-refractivity contribution in [3.05, 3.63) is 35.9 Å². The van der Waals surface area contributed by atoms with E-state index in [2.05, 4.69) is 16.0 Å². The minimum Gasteiger partial charge on any atom is -0.480 e. The molecule has 0 aliphatic carbocycles. The van der Waals surface area contributed by atoms with Gasteiger partial charge < -0.3 is 40.3 Å². The normalized spacial score (nSPS) is 19.2. The Morgan fingerprint density at radius 3 is 2.04 bits per heavy atom. The average Bonchev–Trinajstić information content (AvgIpc) is 3.59. The third-order valence-corrected chi connectivity index (χ3v) is 10.6. The first-order valence-corrected chi connectivity index (χ1v) is 18.7. The summed E-state index contributed by atoms with van der Waals surface area (Å²) < 4.78 is 11.8. The lowest BCUT2D eigenvalue weighted by Gasteiger charge is -2.41. The van der Waals surface area contributed by atoms with Crippen LogP contribution in [0.25, 0.3) is 0 Å². The number of carbonyl (C=O) groups excluding carboxylic acids is 4. The number of carbonyl (C=O) groups is 5. The fourth-order valence-electron chi connectivity index (χ4n) is 7.40. The highest BCUT2D eigenvalue weighted by Gasteiger charge is 2.43. The number of nitrogens with zero attached hydrogens (tertiary/aromatic N) is 2. The van der Waals surface area contributed by atoms with Crippen LogP contribution in [0.5, 0.6) is 0 Å². The lowest BCUT2D eigenvalue weighted by Crippen LogP contribution is -2.59. The van der Waals surface area contributed by atoms with Gasteiger partial charge in [0.25, 0.3) is 0 Å². The van der Waals surface area contributed by atoms with Crippen molar-refractivity contribution in [2.45, 2.75) is 123 Å². The molecular weight excluding hydrogens is 666 g/mol. The maximum absolute atomic E-state index is 14.1. The summed E-state index contributed by atoms with van der Waals surface area (Å²) in [4.78, 5) is 70.3. The van der Waals surface area contributed by atoms with E-state index in [0.717, 1.165) is 12.0 Å². The highest BCUT2D eigenvalue weighted by atomic mass is 16.5. The molecule has 9 atom stereocenters. The molecule has 1 aliphatic heterocycles. The Kier molecular flexibility index (Phi) is 18.2. The minimum atomic E-state index is -1.14. The summed E-state index contributed by atoms with van der Waals surface area (Å²) in [5.41, 5.74) is 0.785. The van der Waals surface area contributed by atoms with E-state index in [9.17, 15) is 29.1 Å². The molecule has 0 aromatic heterocycles. The van der Waals surface area contributed by atoms with Crippen LogP contribution >= 0.6 is 0 Å². The summed E-state index contributed by atoms with van der Waals surface area (Å²) in [6.45, 7) is 13.9. The number of methoxy groups -OCH3 is 2. The van der Waals surface area contributed by atoms with Crippen molar-refractivity contribution >= 4 is 29.6 Å². The van der Waals surface area contributed by atoms with E-state index in [-0.39, 0.29) is 48.3 Å². The quantitative estimate of drug-likeness (QED) is 0.149. The Labute approximate surface area is 310 Å². The van der Waals surface area contributed by atoms with Crippen molar-refractivity contribution in [3.8, 4) is 0 Å². The van der Waals surface area contributed by atoms with E-state index < -0.39 is 60.2 Å². The highest BCUT2D eigenvalue weighted by molar-refractivity contribution is 5.90. The molecule has 1 unspecified atom stereocenters. The monoisotopic (exact) mass is 731 g/mol. The molecule has 1 aromatic rings. The predicted molar refractivity (Wildman–Crippen MR) is 200 cm³/mol. The number of carboxylic acids is 1. The van der Waals surface area contributed by atoms with Gasteiger partial charge in [-0.15, -0.1) is 0 Å². The number of amides is 4. The molecule has 52 heavy (non-hydrogen) atoms. The van der Waals surface area contributed by atoms with Gasteiger partial charge in [0.1, 0.15) is 12.1 Å².